The van der Waals surface area contributed by atoms with Crippen LogP contribution in [0.25, 0.3) is 0 Å². The van der Waals surface area contributed by atoms with Crippen LogP contribution in [0.4, 0.5) is 5.82 Å². The minimum absolute atomic E-state index is 0.161. The van der Waals surface area contributed by atoms with Gasteiger partial charge in [0, 0.05) is 13.0 Å². The Morgan fingerprint density at radius 3 is 3.20 bits per heavy atom. The smallest absolute Gasteiger partial charge is 0.281 e. The number of rotatable bonds is 3. The Morgan fingerprint density at radius 2 is 2.35 bits per heavy atom. The van der Waals surface area contributed by atoms with Gasteiger partial charge in [0.05, 0.1) is 0 Å². The average molecular weight is 273 g/mol. The fourth-order valence-electron chi connectivity index (χ4n) is 2.55. The van der Waals surface area contributed by atoms with Crippen molar-refractivity contribution in [3.63, 3.8) is 0 Å². The first-order chi connectivity index (χ1) is 9.81. The molecule has 0 aromatic carbocycles. The molecule has 0 bridgehead atoms. The van der Waals surface area contributed by atoms with Crippen molar-refractivity contribution >= 4 is 11.7 Å². The topological polar surface area (TPSA) is 87.9 Å². The number of hydrogen-bond acceptors (Lipinski definition) is 5. The van der Waals surface area contributed by atoms with Gasteiger partial charge in [-0.1, -0.05) is 0 Å². The number of aromatic nitrogens is 4. The second-order valence-corrected chi connectivity index (χ2v) is 5.43. The van der Waals surface area contributed by atoms with Gasteiger partial charge in [-0.2, -0.15) is 10.3 Å². The van der Waals surface area contributed by atoms with Crippen LogP contribution in [0.5, 0.6) is 0 Å². The van der Waals surface area contributed by atoms with Gasteiger partial charge in [-0.25, -0.2) is 4.98 Å². The van der Waals surface area contributed by atoms with Crippen LogP contribution in [-0.2, 0) is 12.8 Å². The molecular weight excluding hydrogens is 258 g/mol. The molecule has 0 saturated heterocycles. The van der Waals surface area contributed by atoms with Gasteiger partial charge in [-0.3, -0.25) is 9.69 Å². The minimum Gasteiger partial charge on any atom is -0.448 e. The lowest BCUT2D eigenvalue weighted by molar-refractivity contribution is 0.0979. The Labute approximate surface area is 115 Å². The molecule has 0 radical (unpaired) electrons. The number of anilines is 1. The van der Waals surface area contributed by atoms with Crippen LogP contribution in [0.2, 0.25) is 0 Å². The zero-order chi connectivity index (χ0) is 13.5. The first kappa shape index (κ1) is 11.6. The van der Waals surface area contributed by atoms with E-state index in [0.717, 1.165) is 25.0 Å². The minimum atomic E-state index is -0.161. The van der Waals surface area contributed by atoms with Gasteiger partial charge >= 0.3 is 0 Å². The van der Waals surface area contributed by atoms with Gasteiger partial charge in [0.2, 0.25) is 0 Å². The molecule has 0 unspecified atom stereocenters. The van der Waals surface area contributed by atoms with Crippen LogP contribution in [0, 0.1) is 5.92 Å². The van der Waals surface area contributed by atoms with E-state index in [4.69, 9.17) is 4.42 Å². The van der Waals surface area contributed by atoms with Gasteiger partial charge in [0.15, 0.2) is 17.4 Å². The molecule has 3 heterocycles. The summed E-state index contributed by atoms with van der Waals surface area (Å²) in [5, 5.41) is 10.7. The van der Waals surface area contributed by atoms with Gasteiger partial charge in [-0.05, 0) is 31.6 Å². The van der Waals surface area contributed by atoms with E-state index < -0.39 is 0 Å². The van der Waals surface area contributed by atoms with Crippen LogP contribution in [-0.4, -0.2) is 32.8 Å². The first-order valence-electron chi connectivity index (χ1n) is 6.97. The number of carbonyl (C=O) groups is 1. The Kier molecular flexibility index (Phi) is 2.58. The number of H-pyrrole nitrogens is 1. The fourth-order valence-corrected chi connectivity index (χ4v) is 2.55. The molecule has 20 heavy (non-hydrogen) atoms. The molecule has 1 aliphatic carbocycles. The summed E-state index contributed by atoms with van der Waals surface area (Å²) in [5.74, 6) is 1.81. The molecule has 104 valence electrons. The monoisotopic (exact) mass is 273 g/mol. The molecule has 2 aromatic rings. The zero-order valence-electron chi connectivity index (χ0n) is 11.0. The number of aromatic amines is 1. The highest BCUT2D eigenvalue weighted by molar-refractivity contribution is 6.04. The number of aryl methyl sites for hydroxylation is 1. The summed E-state index contributed by atoms with van der Waals surface area (Å²) < 4.78 is 5.39. The first-order valence-corrected chi connectivity index (χ1v) is 6.97. The van der Waals surface area contributed by atoms with E-state index in [-0.39, 0.29) is 5.91 Å². The molecule has 0 atom stereocenters. The van der Waals surface area contributed by atoms with Crippen LogP contribution in [0.3, 0.4) is 0 Å². The third kappa shape index (κ3) is 1.99. The van der Waals surface area contributed by atoms with Crippen molar-refractivity contribution < 1.29 is 9.21 Å². The molecule has 1 saturated carbocycles. The van der Waals surface area contributed by atoms with Crippen molar-refractivity contribution in [1.29, 1.82) is 0 Å². The van der Waals surface area contributed by atoms with E-state index in [1.54, 1.807) is 4.90 Å². The van der Waals surface area contributed by atoms with E-state index in [1.807, 2.05) is 0 Å². The number of nitrogens with zero attached hydrogens (tertiary/aromatic N) is 4. The van der Waals surface area contributed by atoms with E-state index in [1.165, 1.54) is 19.1 Å². The van der Waals surface area contributed by atoms with Crippen molar-refractivity contribution in [2.45, 2.75) is 32.1 Å². The number of nitrogens with one attached hydrogen (secondary N) is 1. The van der Waals surface area contributed by atoms with Crippen LogP contribution in [0.1, 0.15) is 41.3 Å². The summed E-state index contributed by atoms with van der Waals surface area (Å²) in [6.07, 6.45) is 6.50. The second-order valence-electron chi connectivity index (χ2n) is 5.43. The molecule has 2 aromatic heterocycles. The number of amides is 1. The molecule has 0 spiro atoms. The van der Waals surface area contributed by atoms with Crippen LogP contribution in [0.15, 0.2) is 10.7 Å². The quantitative estimate of drug-likeness (QED) is 0.911. The predicted molar refractivity (Wildman–Crippen MR) is 69.3 cm³/mol. The summed E-state index contributed by atoms with van der Waals surface area (Å²) in [4.78, 5) is 18.4. The summed E-state index contributed by atoms with van der Waals surface area (Å²) in [7, 11) is 0. The highest BCUT2D eigenvalue weighted by Crippen LogP contribution is 2.32. The van der Waals surface area contributed by atoms with E-state index in [0.29, 0.717) is 29.9 Å². The Morgan fingerprint density at radius 1 is 1.45 bits per heavy atom. The molecular formula is C13H15N5O2. The molecule has 1 amide bonds. The number of oxazole rings is 1. The summed E-state index contributed by atoms with van der Waals surface area (Å²) in [5.41, 5.74) is 1.20. The largest absolute Gasteiger partial charge is 0.448 e. The van der Waals surface area contributed by atoms with Crippen molar-refractivity contribution in [2.75, 3.05) is 11.4 Å². The number of hydrogen-bond donors (Lipinski definition) is 1. The summed E-state index contributed by atoms with van der Waals surface area (Å²) in [6.45, 7) is 0.642. The van der Waals surface area contributed by atoms with Crippen molar-refractivity contribution in [1.82, 2.24) is 20.4 Å². The molecule has 1 aliphatic heterocycles. The average Bonchev–Trinajstić information content (AvgIpc) is 2.96. The molecule has 7 nitrogen and oxygen atoms in total. The van der Waals surface area contributed by atoms with Crippen molar-refractivity contribution in [3.05, 3.63) is 23.5 Å². The van der Waals surface area contributed by atoms with Gasteiger partial charge in [-0.15, -0.1) is 5.10 Å². The molecule has 1 N–H and O–H groups in total. The van der Waals surface area contributed by atoms with Crippen LogP contribution < -0.4 is 4.90 Å². The van der Waals surface area contributed by atoms with E-state index >= 15 is 0 Å². The van der Waals surface area contributed by atoms with E-state index in [9.17, 15) is 4.79 Å². The van der Waals surface area contributed by atoms with E-state index in [2.05, 4.69) is 20.4 Å². The lowest BCUT2D eigenvalue weighted by Crippen LogP contribution is -2.35. The van der Waals surface area contributed by atoms with Gasteiger partial charge in [0.25, 0.3) is 5.91 Å². The maximum absolute atomic E-state index is 12.5. The fraction of sp³-hybridized carbons (Fsp3) is 0.538. The number of fused-ring (bicyclic) bond motifs is 1. The summed E-state index contributed by atoms with van der Waals surface area (Å²) >= 11 is 0. The predicted octanol–water partition coefficient (Wildman–Crippen LogP) is 1.34. The maximum Gasteiger partial charge on any atom is 0.281 e. The third-order valence-electron chi connectivity index (χ3n) is 3.83. The third-order valence-corrected chi connectivity index (χ3v) is 3.83. The van der Waals surface area contributed by atoms with Gasteiger partial charge in [0.1, 0.15) is 12.0 Å². The van der Waals surface area contributed by atoms with Gasteiger partial charge < -0.3 is 4.42 Å². The molecule has 4 rings (SSSR count). The lowest BCUT2D eigenvalue weighted by atomic mass is 10.1. The normalized spacial score (nSPS) is 18.1. The Balaban J connectivity index is 1.56. The molecule has 1 fully saturated rings. The Hall–Kier alpha value is -2.18. The highest BCUT2D eigenvalue weighted by Gasteiger charge is 2.29. The number of carbonyl (C=O) groups excluding carboxylic acids is 1. The van der Waals surface area contributed by atoms with Crippen LogP contribution >= 0.6 is 0 Å². The lowest BCUT2D eigenvalue weighted by Gasteiger charge is -2.23. The standard InChI is InChI=1S/C13H15N5O2/c19-13(10-7-20-11(14-10)6-8-3-4-8)18-5-1-2-9-12(18)16-17-15-9/h7-8H,1-6H2,(H,15,16,17). The molecule has 7 heteroatoms. The summed E-state index contributed by atoms with van der Waals surface area (Å²) in [6, 6.07) is 0. The maximum atomic E-state index is 12.5. The van der Waals surface area contributed by atoms with Crippen molar-refractivity contribution in [3.8, 4) is 0 Å². The van der Waals surface area contributed by atoms with Crippen molar-refractivity contribution in [2.24, 2.45) is 5.92 Å². The Bertz CT molecular complexity index is 643. The highest BCUT2D eigenvalue weighted by atomic mass is 16.3. The SMILES string of the molecule is O=C(c1coc(CC2CC2)n1)N1CCCc2n[nH]nc21. The molecule has 2 aliphatic rings. The zero-order valence-corrected chi connectivity index (χ0v) is 11.0. The second kappa shape index (κ2) is 4.43.